The molecule has 0 saturated heterocycles. The molecule has 5 nitrogen and oxygen atoms in total. The minimum atomic E-state index is -1.03. The van der Waals surface area contributed by atoms with Crippen molar-refractivity contribution in [2.45, 2.75) is 51.6 Å². The van der Waals surface area contributed by atoms with Crippen molar-refractivity contribution in [2.24, 2.45) is 0 Å². The van der Waals surface area contributed by atoms with E-state index in [-0.39, 0.29) is 12.5 Å². The smallest absolute Gasteiger partial charge is 0.326 e. The molecule has 0 aliphatic rings. The van der Waals surface area contributed by atoms with Gasteiger partial charge in [0.05, 0.1) is 0 Å². The summed E-state index contributed by atoms with van der Waals surface area (Å²) in [6.45, 7) is 4.05. The molecule has 0 spiro atoms. The summed E-state index contributed by atoms with van der Waals surface area (Å²) >= 11 is 0. The molecule has 0 aliphatic heterocycles. The topological polar surface area (TPSA) is 78.4 Å². The van der Waals surface area contributed by atoms with Gasteiger partial charge < -0.3 is 15.7 Å². The van der Waals surface area contributed by atoms with Crippen molar-refractivity contribution in [3.63, 3.8) is 0 Å². The molecule has 0 saturated carbocycles. The van der Waals surface area contributed by atoms with Gasteiger partial charge in [-0.15, -0.1) is 0 Å². The minimum absolute atomic E-state index is 0.0844. The Balaban J connectivity index is 2.58. The zero-order valence-corrected chi connectivity index (χ0v) is 12.6. The zero-order valence-electron chi connectivity index (χ0n) is 12.6. The van der Waals surface area contributed by atoms with Gasteiger partial charge in [-0.2, -0.15) is 0 Å². The first-order valence-corrected chi connectivity index (χ1v) is 7.40. The number of amides is 2. The molecule has 0 heterocycles. The fraction of sp³-hybridized carbons (Fsp3) is 0.500. The van der Waals surface area contributed by atoms with Gasteiger partial charge in [-0.25, -0.2) is 9.59 Å². The fourth-order valence-corrected chi connectivity index (χ4v) is 2.16. The number of rotatable bonds is 8. The first-order chi connectivity index (χ1) is 10.1. The molecule has 2 amide bonds. The minimum Gasteiger partial charge on any atom is -0.480 e. The summed E-state index contributed by atoms with van der Waals surface area (Å²) < 4.78 is 0. The molecule has 0 radical (unpaired) electrons. The number of hydrogen-bond acceptors (Lipinski definition) is 2. The number of hydrogen-bond donors (Lipinski definition) is 3. The summed E-state index contributed by atoms with van der Waals surface area (Å²) in [6, 6.07) is 8.01. The number of nitrogens with one attached hydrogen (secondary N) is 2. The Bertz CT molecular complexity index is 448. The van der Waals surface area contributed by atoms with Crippen LogP contribution in [0.15, 0.2) is 30.3 Å². The summed E-state index contributed by atoms with van der Waals surface area (Å²) in [7, 11) is 0. The van der Waals surface area contributed by atoms with Crippen molar-refractivity contribution in [3.8, 4) is 0 Å². The average Bonchev–Trinajstić information content (AvgIpc) is 2.47. The van der Waals surface area contributed by atoms with Crippen LogP contribution >= 0.6 is 0 Å². The normalized spacial score (nSPS) is 13.2. The molecule has 0 fully saturated rings. The number of urea groups is 1. The molecule has 0 bridgehead atoms. The third-order valence-electron chi connectivity index (χ3n) is 3.35. The van der Waals surface area contributed by atoms with E-state index in [1.54, 1.807) is 0 Å². The van der Waals surface area contributed by atoms with Gasteiger partial charge >= 0.3 is 12.0 Å². The first-order valence-electron chi connectivity index (χ1n) is 7.40. The molecule has 21 heavy (non-hydrogen) atoms. The Kier molecular flexibility index (Phi) is 7.29. The van der Waals surface area contributed by atoms with Crippen LogP contribution in [0.4, 0.5) is 4.79 Å². The highest BCUT2D eigenvalue weighted by Gasteiger charge is 2.21. The zero-order chi connectivity index (χ0) is 15.7. The van der Waals surface area contributed by atoms with Crippen LogP contribution in [0, 0.1) is 0 Å². The van der Waals surface area contributed by atoms with Crippen LogP contribution in [0.1, 0.15) is 38.7 Å². The van der Waals surface area contributed by atoms with E-state index in [9.17, 15) is 14.7 Å². The lowest BCUT2D eigenvalue weighted by Crippen LogP contribution is -2.49. The van der Waals surface area contributed by atoms with Crippen LogP contribution in [0.2, 0.25) is 0 Å². The number of carboxylic acids is 1. The summed E-state index contributed by atoms with van der Waals surface area (Å²) in [5, 5.41) is 14.6. The van der Waals surface area contributed by atoms with Crippen LogP contribution in [-0.4, -0.2) is 29.2 Å². The van der Waals surface area contributed by atoms with Crippen LogP contribution in [-0.2, 0) is 11.2 Å². The van der Waals surface area contributed by atoms with Crippen molar-refractivity contribution in [1.29, 1.82) is 0 Å². The van der Waals surface area contributed by atoms with Crippen molar-refractivity contribution < 1.29 is 14.7 Å². The molecule has 1 aromatic rings. The lowest BCUT2D eigenvalue weighted by Gasteiger charge is -2.19. The van der Waals surface area contributed by atoms with E-state index in [1.807, 2.05) is 37.3 Å². The lowest BCUT2D eigenvalue weighted by atomic mass is 10.1. The van der Waals surface area contributed by atoms with E-state index in [1.165, 1.54) is 0 Å². The maximum atomic E-state index is 11.9. The third-order valence-corrected chi connectivity index (χ3v) is 3.35. The van der Waals surface area contributed by atoms with E-state index in [4.69, 9.17) is 0 Å². The second kappa shape index (κ2) is 9.00. The lowest BCUT2D eigenvalue weighted by molar-refractivity contribution is -0.139. The molecule has 1 unspecified atom stereocenters. The largest absolute Gasteiger partial charge is 0.480 e. The van der Waals surface area contributed by atoms with Gasteiger partial charge in [0.15, 0.2) is 0 Å². The molecule has 3 N–H and O–H groups in total. The predicted molar refractivity (Wildman–Crippen MR) is 82.2 cm³/mol. The number of benzene rings is 1. The van der Waals surface area contributed by atoms with Gasteiger partial charge in [0, 0.05) is 12.5 Å². The van der Waals surface area contributed by atoms with Crippen LogP contribution in [0.3, 0.4) is 0 Å². The Morgan fingerprint density at radius 2 is 1.81 bits per heavy atom. The maximum absolute atomic E-state index is 11.9. The maximum Gasteiger partial charge on any atom is 0.326 e. The standard InChI is InChI=1S/C16H24N2O3/c1-3-8-13(4-2)17-16(21)18-14(15(19)20)11-12-9-6-5-7-10-12/h5-7,9-10,13-14H,3-4,8,11H2,1-2H3,(H,19,20)(H2,17,18,21)/t13?,14-/m1/s1. The Hall–Kier alpha value is -2.04. The number of carbonyl (C=O) groups is 2. The molecule has 0 aromatic heterocycles. The van der Waals surface area contributed by atoms with Crippen molar-refractivity contribution in [3.05, 3.63) is 35.9 Å². The van der Waals surface area contributed by atoms with Gasteiger partial charge in [0.1, 0.15) is 6.04 Å². The second-order valence-corrected chi connectivity index (χ2v) is 5.09. The van der Waals surface area contributed by atoms with E-state index < -0.39 is 18.0 Å². The highest BCUT2D eigenvalue weighted by atomic mass is 16.4. The van der Waals surface area contributed by atoms with Crippen molar-refractivity contribution >= 4 is 12.0 Å². The second-order valence-electron chi connectivity index (χ2n) is 5.09. The fourth-order valence-electron chi connectivity index (χ4n) is 2.16. The molecule has 1 aromatic carbocycles. The van der Waals surface area contributed by atoms with E-state index >= 15 is 0 Å². The highest BCUT2D eigenvalue weighted by molar-refractivity contribution is 5.82. The van der Waals surface area contributed by atoms with Gasteiger partial charge in [0.2, 0.25) is 0 Å². The monoisotopic (exact) mass is 292 g/mol. The third kappa shape index (κ3) is 6.29. The van der Waals surface area contributed by atoms with E-state index in [0.717, 1.165) is 24.8 Å². The predicted octanol–water partition coefficient (Wildman–Crippen LogP) is 2.56. The molecular formula is C16H24N2O3. The molecular weight excluding hydrogens is 268 g/mol. The summed E-state index contributed by atoms with van der Waals surface area (Å²) in [6.07, 6.45) is 2.97. The van der Waals surface area contributed by atoms with Crippen LogP contribution < -0.4 is 10.6 Å². The molecule has 116 valence electrons. The number of carbonyl (C=O) groups excluding carboxylic acids is 1. The van der Waals surface area contributed by atoms with Gasteiger partial charge in [-0.05, 0) is 18.4 Å². The van der Waals surface area contributed by atoms with E-state index in [2.05, 4.69) is 17.6 Å². The Labute approximate surface area is 125 Å². The number of aliphatic carboxylic acids is 1. The molecule has 5 heteroatoms. The average molecular weight is 292 g/mol. The molecule has 1 rings (SSSR count). The first kappa shape index (κ1) is 17.0. The highest BCUT2D eigenvalue weighted by Crippen LogP contribution is 2.04. The molecule has 2 atom stereocenters. The van der Waals surface area contributed by atoms with Crippen molar-refractivity contribution in [1.82, 2.24) is 10.6 Å². The summed E-state index contributed by atoms with van der Waals surface area (Å²) in [5.74, 6) is -1.03. The van der Waals surface area contributed by atoms with Gasteiger partial charge in [0.25, 0.3) is 0 Å². The summed E-state index contributed by atoms with van der Waals surface area (Å²) in [5.41, 5.74) is 0.880. The number of carboxylic acid groups (broad SMARTS) is 1. The SMILES string of the molecule is CCCC(CC)NC(=O)N[C@H](Cc1ccccc1)C(=O)O. The van der Waals surface area contributed by atoms with Crippen LogP contribution in [0.25, 0.3) is 0 Å². The quantitative estimate of drug-likeness (QED) is 0.689. The van der Waals surface area contributed by atoms with Crippen molar-refractivity contribution in [2.75, 3.05) is 0 Å². The molecule has 0 aliphatic carbocycles. The Morgan fingerprint density at radius 3 is 2.33 bits per heavy atom. The Morgan fingerprint density at radius 1 is 1.14 bits per heavy atom. The summed E-state index contributed by atoms with van der Waals surface area (Å²) in [4.78, 5) is 23.2. The van der Waals surface area contributed by atoms with Gasteiger partial charge in [-0.1, -0.05) is 50.6 Å². The van der Waals surface area contributed by atoms with E-state index in [0.29, 0.717) is 0 Å². The van der Waals surface area contributed by atoms with Crippen LogP contribution in [0.5, 0.6) is 0 Å². The van der Waals surface area contributed by atoms with Gasteiger partial charge in [-0.3, -0.25) is 0 Å².